The van der Waals surface area contributed by atoms with Crippen molar-refractivity contribution in [1.82, 2.24) is 4.98 Å². The summed E-state index contributed by atoms with van der Waals surface area (Å²) < 4.78 is 14.1. The zero-order valence-corrected chi connectivity index (χ0v) is 17.2. The number of rotatable bonds is 6. The first-order chi connectivity index (χ1) is 13.7. The Hall–Kier alpha value is -3.08. The van der Waals surface area contributed by atoms with Crippen LogP contribution < -0.4 is 5.32 Å². The number of anilines is 1. The van der Waals surface area contributed by atoms with Crippen LogP contribution in [0.1, 0.15) is 29.9 Å². The van der Waals surface area contributed by atoms with Crippen molar-refractivity contribution in [2.45, 2.75) is 26.4 Å². The molecule has 0 saturated heterocycles. The highest BCUT2D eigenvalue weighted by atomic mass is 32.1. The van der Waals surface area contributed by atoms with Gasteiger partial charge in [-0.2, -0.15) is 5.26 Å². The van der Waals surface area contributed by atoms with Gasteiger partial charge in [0.05, 0.1) is 11.2 Å². The van der Waals surface area contributed by atoms with Gasteiger partial charge < -0.3 is 15.8 Å². The topological polar surface area (TPSA) is 92.8 Å². The molecule has 3 rings (SSSR count). The first kappa shape index (κ1) is 20.6. The van der Waals surface area contributed by atoms with Crippen molar-refractivity contribution in [3.05, 3.63) is 58.3 Å². The van der Waals surface area contributed by atoms with Crippen molar-refractivity contribution in [3.63, 3.8) is 0 Å². The van der Waals surface area contributed by atoms with Crippen LogP contribution in [0.15, 0.2) is 36.5 Å². The minimum Gasteiger partial charge on any atom is -0.389 e. The van der Waals surface area contributed by atoms with E-state index in [0.717, 1.165) is 20.9 Å². The summed E-state index contributed by atoms with van der Waals surface area (Å²) in [5.41, 5.74) is 2.05. The molecule has 0 unspecified atom stereocenters. The molecule has 0 aliphatic heterocycles. The standard InChI is InChI=1S/C22H21FN4OS/c1-13-6-18(14-4-5-15(9-24)19(23)8-14)20(29-13)17-7-16(10-25)21(26-11-17)27-12-22(2,3)28/h4-8,10-11,25,28H,12H2,1-3H3,(H,26,27). The van der Waals surface area contributed by atoms with Gasteiger partial charge in [-0.3, -0.25) is 0 Å². The van der Waals surface area contributed by atoms with E-state index in [0.29, 0.717) is 23.5 Å². The average Bonchev–Trinajstić information content (AvgIpc) is 3.07. The number of aromatic nitrogens is 1. The predicted octanol–water partition coefficient (Wildman–Crippen LogP) is 4.98. The van der Waals surface area contributed by atoms with Crippen LogP contribution >= 0.6 is 11.3 Å². The molecular formula is C22H21FN4OS. The fraction of sp³-hybridized carbons (Fsp3) is 0.227. The van der Waals surface area contributed by atoms with Crippen LogP contribution in [0.5, 0.6) is 0 Å². The molecule has 5 nitrogen and oxygen atoms in total. The minimum atomic E-state index is -0.905. The van der Waals surface area contributed by atoms with E-state index in [4.69, 9.17) is 10.7 Å². The predicted molar refractivity (Wildman–Crippen MR) is 115 cm³/mol. The summed E-state index contributed by atoms with van der Waals surface area (Å²) in [5, 5.41) is 29.7. The van der Waals surface area contributed by atoms with E-state index in [1.165, 1.54) is 18.3 Å². The third-order valence-electron chi connectivity index (χ3n) is 4.28. The first-order valence-electron chi connectivity index (χ1n) is 8.99. The zero-order valence-electron chi connectivity index (χ0n) is 16.4. The lowest BCUT2D eigenvalue weighted by molar-refractivity contribution is 0.0944. The molecular weight excluding hydrogens is 387 g/mol. The summed E-state index contributed by atoms with van der Waals surface area (Å²) in [7, 11) is 0. The van der Waals surface area contributed by atoms with Gasteiger partial charge in [0.25, 0.3) is 0 Å². The van der Waals surface area contributed by atoms with Crippen LogP contribution in [0.2, 0.25) is 0 Å². The number of hydrogen-bond acceptors (Lipinski definition) is 6. The number of hydrogen-bond donors (Lipinski definition) is 3. The number of thiophene rings is 1. The summed E-state index contributed by atoms with van der Waals surface area (Å²) in [5.74, 6) is -0.0330. The highest BCUT2D eigenvalue weighted by molar-refractivity contribution is 7.16. The molecule has 0 aliphatic carbocycles. The van der Waals surface area contributed by atoms with Crippen LogP contribution in [0.4, 0.5) is 10.2 Å². The summed E-state index contributed by atoms with van der Waals surface area (Å²) in [6.07, 6.45) is 2.92. The third-order valence-corrected chi connectivity index (χ3v) is 5.38. The zero-order chi connectivity index (χ0) is 21.2. The first-order valence-corrected chi connectivity index (χ1v) is 9.81. The molecule has 3 N–H and O–H groups in total. The van der Waals surface area contributed by atoms with Crippen molar-refractivity contribution in [2.24, 2.45) is 0 Å². The lowest BCUT2D eigenvalue weighted by Crippen LogP contribution is -2.29. The number of pyridine rings is 1. The number of aryl methyl sites for hydroxylation is 1. The second kappa shape index (κ2) is 8.11. The second-order valence-electron chi connectivity index (χ2n) is 7.38. The largest absolute Gasteiger partial charge is 0.389 e. The van der Waals surface area contributed by atoms with E-state index in [-0.39, 0.29) is 5.56 Å². The molecule has 0 aliphatic rings. The molecule has 29 heavy (non-hydrogen) atoms. The molecule has 2 aromatic heterocycles. The van der Waals surface area contributed by atoms with Crippen molar-refractivity contribution < 1.29 is 9.50 Å². The lowest BCUT2D eigenvalue weighted by atomic mass is 10.0. The van der Waals surface area contributed by atoms with Gasteiger partial charge in [-0.15, -0.1) is 11.3 Å². The van der Waals surface area contributed by atoms with Crippen LogP contribution in [0.25, 0.3) is 21.6 Å². The molecule has 0 fully saturated rings. The Bertz CT molecular complexity index is 1110. The fourth-order valence-corrected chi connectivity index (χ4v) is 3.90. The van der Waals surface area contributed by atoms with E-state index < -0.39 is 11.4 Å². The summed E-state index contributed by atoms with van der Waals surface area (Å²) >= 11 is 1.56. The molecule has 0 spiro atoms. The van der Waals surface area contributed by atoms with Crippen molar-refractivity contribution >= 4 is 23.4 Å². The third kappa shape index (κ3) is 4.67. The van der Waals surface area contributed by atoms with Gasteiger partial charge in [-0.05, 0) is 50.6 Å². The van der Waals surface area contributed by atoms with Gasteiger partial charge in [0, 0.05) is 45.4 Å². The molecule has 1 aromatic carbocycles. The maximum absolute atomic E-state index is 14.1. The monoisotopic (exact) mass is 408 g/mol. The van der Waals surface area contributed by atoms with Gasteiger partial charge in [0.2, 0.25) is 0 Å². The van der Waals surface area contributed by atoms with Gasteiger partial charge in [0.1, 0.15) is 17.7 Å². The highest BCUT2D eigenvalue weighted by Gasteiger charge is 2.17. The Kier molecular flexibility index (Phi) is 5.78. The highest BCUT2D eigenvalue weighted by Crippen LogP contribution is 2.40. The van der Waals surface area contributed by atoms with Crippen molar-refractivity contribution in [2.75, 3.05) is 11.9 Å². The molecule has 0 amide bonds. The van der Waals surface area contributed by atoms with Crippen LogP contribution in [0.3, 0.4) is 0 Å². The molecule has 0 atom stereocenters. The Balaban J connectivity index is 2.03. The number of halogens is 1. The lowest BCUT2D eigenvalue weighted by Gasteiger charge is -2.19. The Morgan fingerprint density at radius 3 is 2.69 bits per heavy atom. The van der Waals surface area contributed by atoms with Crippen LogP contribution in [0, 0.1) is 29.5 Å². The maximum Gasteiger partial charge on any atom is 0.141 e. The summed E-state index contributed by atoms with van der Waals surface area (Å²) in [6.45, 7) is 5.65. The number of nitrogens with zero attached hydrogens (tertiary/aromatic N) is 2. The van der Waals surface area contributed by atoms with Crippen LogP contribution in [-0.4, -0.2) is 28.5 Å². The van der Waals surface area contributed by atoms with Crippen molar-refractivity contribution in [3.8, 4) is 27.6 Å². The second-order valence-corrected chi connectivity index (χ2v) is 8.63. The van der Waals surface area contributed by atoms with E-state index in [1.807, 2.05) is 25.1 Å². The van der Waals surface area contributed by atoms with Gasteiger partial charge in [0.15, 0.2) is 0 Å². The smallest absolute Gasteiger partial charge is 0.141 e. The summed E-state index contributed by atoms with van der Waals surface area (Å²) in [6, 6.07) is 10.2. The quantitative estimate of drug-likeness (QED) is 0.502. The fourth-order valence-electron chi connectivity index (χ4n) is 2.88. The minimum absolute atomic E-state index is 0.0113. The SMILES string of the molecule is Cc1cc(-c2ccc(C#N)c(F)c2)c(-c2cnc(NCC(C)(C)O)c(C=N)c2)s1. The summed E-state index contributed by atoms with van der Waals surface area (Å²) in [4.78, 5) is 6.40. The van der Waals surface area contributed by atoms with Gasteiger partial charge in [-0.25, -0.2) is 9.37 Å². The molecule has 0 radical (unpaired) electrons. The van der Waals surface area contributed by atoms with Crippen molar-refractivity contribution in [1.29, 1.82) is 10.7 Å². The van der Waals surface area contributed by atoms with Gasteiger partial charge in [-0.1, -0.05) is 6.07 Å². The molecule has 7 heteroatoms. The van der Waals surface area contributed by atoms with Gasteiger partial charge >= 0.3 is 0 Å². The van der Waals surface area contributed by atoms with E-state index >= 15 is 0 Å². The Morgan fingerprint density at radius 2 is 2.07 bits per heavy atom. The average molecular weight is 409 g/mol. The number of aliphatic hydroxyl groups is 1. The Labute approximate surface area is 173 Å². The van der Waals surface area contributed by atoms with E-state index in [9.17, 15) is 9.50 Å². The number of nitriles is 1. The van der Waals surface area contributed by atoms with Crippen LogP contribution in [-0.2, 0) is 0 Å². The molecule has 0 saturated carbocycles. The molecule has 148 valence electrons. The number of benzene rings is 1. The van der Waals surface area contributed by atoms with E-state index in [2.05, 4.69) is 10.3 Å². The number of nitrogens with one attached hydrogen (secondary N) is 2. The normalized spacial score (nSPS) is 11.2. The molecule has 2 heterocycles. The molecule has 3 aromatic rings. The molecule has 0 bridgehead atoms. The Morgan fingerprint density at radius 1 is 1.31 bits per heavy atom. The maximum atomic E-state index is 14.1. The van der Waals surface area contributed by atoms with E-state index in [1.54, 1.807) is 37.4 Å².